The number of phenolic OH excluding ortho intramolecular Hbond substituents is 1. The third-order valence-electron chi connectivity index (χ3n) is 16.7. The molecule has 17 heteroatoms. The molecule has 4 amide bonds. The molecule has 17 nitrogen and oxygen atoms in total. The first-order chi connectivity index (χ1) is 36.5. The first-order valence-electron chi connectivity index (χ1n) is 28.3. The number of amides is 4. The quantitative estimate of drug-likeness (QED) is 0.0697. The van der Waals surface area contributed by atoms with Crippen LogP contribution in [0.25, 0.3) is 0 Å². The van der Waals surface area contributed by atoms with E-state index in [1.165, 1.54) is 24.1 Å². The fourth-order valence-corrected chi connectivity index (χ4v) is 11.3. The maximum Gasteiger partial charge on any atom is 0.325 e. The van der Waals surface area contributed by atoms with Crippen molar-refractivity contribution in [2.45, 2.75) is 201 Å². The van der Waals surface area contributed by atoms with Crippen LogP contribution >= 0.6 is 0 Å². The van der Waals surface area contributed by atoms with Gasteiger partial charge in [0, 0.05) is 61.8 Å². The molecular formula is C60H91N5O12. The van der Waals surface area contributed by atoms with Crippen LogP contribution in [0.2, 0.25) is 0 Å². The summed E-state index contributed by atoms with van der Waals surface area (Å²) in [6.45, 7) is 18.8. The molecule has 5 rings (SSSR count). The van der Waals surface area contributed by atoms with Crippen molar-refractivity contribution in [3.63, 3.8) is 0 Å². The molecule has 1 aromatic rings. The Kier molecular flexibility index (Phi) is 23.7. The summed E-state index contributed by atoms with van der Waals surface area (Å²) < 4.78 is 13.0. The summed E-state index contributed by atoms with van der Waals surface area (Å²) in [4.78, 5) is 82.1. The van der Waals surface area contributed by atoms with E-state index in [0.29, 0.717) is 44.1 Å². The lowest BCUT2D eigenvalue weighted by Crippen LogP contribution is -2.71. The number of ether oxygens (including phenoxy) is 2. The van der Waals surface area contributed by atoms with Crippen LogP contribution in [-0.2, 0) is 44.7 Å². The highest BCUT2D eigenvalue weighted by Gasteiger charge is 2.57. The standard InChI is InChI=1S/C60H91N5O12/c1-11-44-31-39(7)60(63-56(44)72)42(10)54(70)41(9)52(77-60)34-50(69)36(4)20-14-12-15-21-37(5)51-26-17-13-16-25-49(68)38(6)30-45(28-27-40(8)66)55(71)62-53(35(2)3)57(73)61-48(33-43-22-18-23-46(67)32-43)58(74)65-29-19-24-47(64-65)59(75)76-51/h12-13,15-18,21-23,25,32,35-36,38-39,41-42,44-45,47-54,64,67-70H,11,14,19-20,24,26-31,33-34H2,1-10H3,(H,61,73)(H,62,71)(H,63,72). The highest BCUT2D eigenvalue weighted by molar-refractivity contribution is 5.93. The van der Waals surface area contributed by atoms with E-state index < -0.39 is 95.8 Å². The van der Waals surface area contributed by atoms with E-state index in [0.717, 1.165) is 12.0 Å². The Morgan fingerprint density at radius 3 is 2.39 bits per heavy atom. The maximum absolute atomic E-state index is 14.5. The number of hydrogen-bond donors (Lipinski definition) is 8. The van der Waals surface area contributed by atoms with E-state index in [1.54, 1.807) is 44.2 Å². The summed E-state index contributed by atoms with van der Waals surface area (Å²) in [5, 5.41) is 54.7. The molecular weight excluding hydrogens is 983 g/mol. The Labute approximate surface area is 457 Å². The number of carbonyl (C=O) groups excluding carboxylic acids is 6. The van der Waals surface area contributed by atoms with Crippen LogP contribution in [0.4, 0.5) is 0 Å². The van der Waals surface area contributed by atoms with Crippen molar-refractivity contribution < 1.29 is 58.7 Å². The molecule has 4 aliphatic heterocycles. The average Bonchev–Trinajstić information content (AvgIpc) is 3.43. The van der Waals surface area contributed by atoms with Gasteiger partial charge >= 0.3 is 5.97 Å². The van der Waals surface area contributed by atoms with Crippen molar-refractivity contribution in [3.05, 3.63) is 77.9 Å². The molecule has 3 fully saturated rings. The molecule has 1 aromatic carbocycles. The van der Waals surface area contributed by atoms with Gasteiger partial charge in [0.15, 0.2) is 0 Å². The zero-order valence-corrected chi connectivity index (χ0v) is 47.3. The predicted molar refractivity (Wildman–Crippen MR) is 294 cm³/mol. The second kappa shape index (κ2) is 29.1. The van der Waals surface area contributed by atoms with Gasteiger partial charge in [-0.15, -0.1) is 0 Å². The minimum absolute atomic E-state index is 0.0127. The largest absolute Gasteiger partial charge is 0.508 e. The number of Topliss-reactive ketones (excluding diaryl/α,β-unsaturated/α-hetero) is 1. The summed E-state index contributed by atoms with van der Waals surface area (Å²) in [7, 11) is 0. The Bertz CT molecular complexity index is 2300. The number of phenols is 1. The topological polar surface area (TPSA) is 253 Å². The van der Waals surface area contributed by atoms with E-state index in [9.17, 15) is 49.2 Å². The van der Waals surface area contributed by atoms with E-state index in [-0.39, 0.29) is 85.7 Å². The Hall–Kier alpha value is -5.20. The number of carbonyl (C=O) groups is 6. The number of aromatic hydroxyl groups is 1. The number of aliphatic hydroxyl groups is 3. The minimum Gasteiger partial charge on any atom is -0.508 e. The molecule has 16 atom stereocenters. The number of hydrogen-bond acceptors (Lipinski definition) is 13. The number of nitrogens with one attached hydrogen (secondary N) is 4. The fraction of sp³-hybridized carbons (Fsp3) is 0.667. The summed E-state index contributed by atoms with van der Waals surface area (Å²) in [5.74, 6) is -4.68. The SMILES string of the molecule is CCC1CC(C)C2(NC1=O)OC(CC(O)C(C)CCC=CC=C(C)C1CC=CC=CC(O)C(C)CC(CCC(C)=O)C(=O)NC(C(C)C)C(=O)NC(Cc3cccc(O)c3)C(=O)N3CCCC(N3)C(=O)O1)C(C)C(O)C2C. The second-order valence-corrected chi connectivity index (χ2v) is 23.1. The summed E-state index contributed by atoms with van der Waals surface area (Å²) in [6, 6.07) is 3.20. The lowest BCUT2D eigenvalue weighted by molar-refractivity contribution is -0.267. The molecule has 0 aromatic heterocycles. The maximum atomic E-state index is 14.5. The molecule has 0 saturated carbocycles. The third-order valence-corrected chi connectivity index (χ3v) is 16.7. The number of benzene rings is 1. The smallest absolute Gasteiger partial charge is 0.325 e. The number of fused-ring (bicyclic) bond motifs is 2. The summed E-state index contributed by atoms with van der Waals surface area (Å²) >= 11 is 0. The first kappa shape index (κ1) is 62.6. The number of rotatable bonds is 15. The molecule has 3 saturated heterocycles. The lowest BCUT2D eigenvalue weighted by Gasteiger charge is -2.56. The van der Waals surface area contributed by atoms with Gasteiger partial charge in [0.25, 0.3) is 5.91 Å². The van der Waals surface area contributed by atoms with Gasteiger partial charge in [-0.05, 0) is 106 Å². The zero-order chi connectivity index (χ0) is 56.7. The number of aliphatic hydroxyl groups excluding tert-OH is 3. The number of esters is 1. The number of nitrogens with zero attached hydrogens (tertiary/aromatic N) is 1. The van der Waals surface area contributed by atoms with Gasteiger partial charge in [0.05, 0.1) is 24.4 Å². The number of hydrazine groups is 1. The van der Waals surface area contributed by atoms with Crippen LogP contribution in [0.15, 0.2) is 72.4 Å². The average molecular weight is 1070 g/mol. The van der Waals surface area contributed by atoms with E-state index in [2.05, 4.69) is 28.3 Å². The van der Waals surface area contributed by atoms with Gasteiger partial charge in [0.2, 0.25) is 17.7 Å². The van der Waals surface area contributed by atoms with Crippen molar-refractivity contribution in [1.29, 1.82) is 0 Å². The van der Waals surface area contributed by atoms with Gasteiger partial charge < -0.3 is 50.6 Å². The molecule has 4 heterocycles. The first-order valence-corrected chi connectivity index (χ1v) is 28.3. The second-order valence-electron chi connectivity index (χ2n) is 23.1. The Balaban J connectivity index is 1.33. The van der Waals surface area contributed by atoms with Crippen LogP contribution in [-0.4, -0.2) is 122 Å². The summed E-state index contributed by atoms with van der Waals surface area (Å²) in [5.41, 5.74) is 3.37. The fourth-order valence-electron chi connectivity index (χ4n) is 11.3. The van der Waals surface area contributed by atoms with Crippen LogP contribution in [0.5, 0.6) is 5.75 Å². The normalized spacial score (nSPS) is 33.4. The number of cyclic esters (lactones) is 1. The zero-order valence-electron chi connectivity index (χ0n) is 47.3. The molecule has 2 bridgehead atoms. The molecule has 0 aliphatic carbocycles. The van der Waals surface area contributed by atoms with Crippen LogP contribution in [0.3, 0.4) is 0 Å². The minimum atomic E-state index is -1.18. The number of ketones is 1. The summed E-state index contributed by atoms with van der Waals surface area (Å²) in [6.07, 6.45) is 13.7. The van der Waals surface area contributed by atoms with Crippen LogP contribution in [0.1, 0.15) is 145 Å². The van der Waals surface area contributed by atoms with Crippen molar-refractivity contribution in [2.75, 3.05) is 6.54 Å². The third kappa shape index (κ3) is 17.1. The molecule has 77 heavy (non-hydrogen) atoms. The van der Waals surface area contributed by atoms with Crippen molar-refractivity contribution in [1.82, 2.24) is 26.4 Å². The van der Waals surface area contributed by atoms with E-state index in [1.807, 2.05) is 65.8 Å². The van der Waals surface area contributed by atoms with Crippen molar-refractivity contribution in [3.8, 4) is 5.75 Å². The molecule has 16 unspecified atom stereocenters. The Morgan fingerprint density at radius 2 is 1.70 bits per heavy atom. The van der Waals surface area contributed by atoms with Gasteiger partial charge in [-0.25, -0.2) is 5.43 Å². The van der Waals surface area contributed by atoms with Gasteiger partial charge in [0.1, 0.15) is 41.5 Å². The molecule has 8 N–H and O–H groups in total. The monoisotopic (exact) mass is 1070 g/mol. The van der Waals surface area contributed by atoms with Crippen LogP contribution < -0.4 is 21.4 Å². The highest BCUT2D eigenvalue weighted by Crippen LogP contribution is 2.46. The number of piperidine rings is 1. The van der Waals surface area contributed by atoms with E-state index in [4.69, 9.17) is 9.47 Å². The van der Waals surface area contributed by atoms with Gasteiger partial charge in [-0.2, -0.15) is 0 Å². The molecule has 0 radical (unpaired) electrons. The number of allylic oxidation sites excluding steroid dienone is 5. The lowest BCUT2D eigenvalue weighted by atomic mass is 9.69. The van der Waals surface area contributed by atoms with Crippen molar-refractivity contribution in [2.24, 2.45) is 47.3 Å². The molecule has 4 aliphatic rings. The van der Waals surface area contributed by atoms with Crippen LogP contribution in [0, 0.1) is 47.3 Å². The highest BCUT2D eigenvalue weighted by atomic mass is 16.5. The van der Waals surface area contributed by atoms with Crippen molar-refractivity contribution >= 4 is 35.4 Å². The van der Waals surface area contributed by atoms with Gasteiger partial charge in [-0.3, -0.25) is 29.0 Å². The van der Waals surface area contributed by atoms with E-state index >= 15 is 0 Å². The predicted octanol–water partition coefficient (Wildman–Crippen LogP) is 6.44. The van der Waals surface area contributed by atoms with Gasteiger partial charge in [-0.1, -0.05) is 110 Å². The molecule has 428 valence electrons. The Morgan fingerprint density at radius 1 is 0.961 bits per heavy atom. The molecule has 1 spiro atoms.